The van der Waals surface area contributed by atoms with Gasteiger partial charge in [-0.3, -0.25) is 9.69 Å². The zero-order valence-electron chi connectivity index (χ0n) is 9.35. The van der Waals surface area contributed by atoms with Gasteiger partial charge in [0.1, 0.15) is 0 Å². The molecular formula is C11H21NO3. The van der Waals surface area contributed by atoms with E-state index < -0.39 is 5.97 Å². The summed E-state index contributed by atoms with van der Waals surface area (Å²) in [5.74, 6) is -0.871. The molecule has 2 N–H and O–H groups in total. The van der Waals surface area contributed by atoms with Gasteiger partial charge < -0.3 is 10.2 Å². The minimum absolute atomic E-state index is 0.199. The highest BCUT2D eigenvalue weighted by Gasteiger charge is 2.27. The van der Waals surface area contributed by atoms with Crippen LogP contribution in [0.15, 0.2) is 0 Å². The SMILES string of the molecule is C[C@H](CCCO)N1CCC[C@@H](C(=O)O)C1. The molecule has 1 rings (SSSR count). The molecule has 0 bridgehead atoms. The standard InChI is InChI=1S/C11H21NO3/c1-9(4-3-7-13)12-6-2-5-10(8-12)11(14)15/h9-10,13H,2-8H2,1H3,(H,14,15)/t9-,10-/m1/s1. The molecule has 0 radical (unpaired) electrons. The van der Waals surface area contributed by atoms with E-state index >= 15 is 0 Å². The second-order valence-corrected chi connectivity index (χ2v) is 4.39. The maximum Gasteiger partial charge on any atom is 0.307 e. The number of rotatable bonds is 5. The van der Waals surface area contributed by atoms with Crippen LogP contribution in [0.1, 0.15) is 32.6 Å². The smallest absolute Gasteiger partial charge is 0.307 e. The minimum atomic E-state index is -0.672. The highest BCUT2D eigenvalue weighted by molar-refractivity contribution is 5.70. The van der Waals surface area contributed by atoms with Crippen molar-refractivity contribution in [2.45, 2.75) is 38.6 Å². The van der Waals surface area contributed by atoms with Crippen molar-refractivity contribution in [3.63, 3.8) is 0 Å². The van der Waals surface area contributed by atoms with E-state index in [0.29, 0.717) is 12.6 Å². The summed E-state index contributed by atoms with van der Waals surface area (Å²) >= 11 is 0. The van der Waals surface area contributed by atoms with E-state index in [9.17, 15) is 4.79 Å². The third-order valence-corrected chi connectivity index (χ3v) is 3.21. The zero-order valence-corrected chi connectivity index (χ0v) is 9.35. The molecule has 4 heteroatoms. The Hall–Kier alpha value is -0.610. The molecule has 0 amide bonds. The van der Waals surface area contributed by atoms with Crippen LogP contribution in [0.3, 0.4) is 0 Å². The zero-order chi connectivity index (χ0) is 11.3. The Morgan fingerprint density at radius 3 is 2.93 bits per heavy atom. The largest absolute Gasteiger partial charge is 0.481 e. The molecule has 1 aliphatic heterocycles. The molecule has 1 heterocycles. The molecule has 88 valence electrons. The van der Waals surface area contributed by atoms with Gasteiger partial charge in [0.2, 0.25) is 0 Å². The normalized spacial score (nSPS) is 25.1. The van der Waals surface area contributed by atoms with Gasteiger partial charge >= 0.3 is 5.97 Å². The quantitative estimate of drug-likeness (QED) is 0.716. The van der Waals surface area contributed by atoms with Crippen molar-refractivity contribution >= 4 is 5.97 Å². The van der Waals surface area contributed by atoms with Gasteiger partial charge in [0.25, 0.3) is 0 Å². The average Bonchev–Trinajstić information content (AvgIpc) is 2.26. The number of hydrogen-bond acceptors (Lipinski definition) is 3. The monoisotopic (exact) mass is 215 g/mol. The lowest BCUT2D eigenvalue weighted by molar-refractivity contribution is -0.143. The molecule has 15 heavy (non-hydrogen) atoms. The third-order valence-electron chi connectivity index (χ3n) is 3.21. The number of nitrogens with zero attached hydrogens (tertiary/aromatic N) is 1. The van der Waals surface area contributed by atoms with Crippen molar-refractivity contribution in [1.29, 1.82) is 0 Å². The first kappa shape index (κ1) is 12.5. The second kappa shape index (κ2) is 6.08. The Labute approximate surface area is 90.9 Å². The lowest BCUT2D eigenvalue weighted by Gasteiger charge is -2.35. The first-order valence-electron chi connectivity index (χ1n) is 5.73. The number of piperidine rings is 1. The average molecular weight is 215 g/mol. The van der Waals surface area contributed by atoms with Crippen molar-refractivity contribution in [1.82, 2.24) is 4.90 Å². The summed E-state index contributed by atoms with van der Waals surface area (Å²) in [6.45, 7) is 4.00. The Morgan fingerprint density at radius 1 is 1.60 bits per heavy atom. The van der Waals surface area contributed by atoms with E-state index in [-0.39, 0.29) is 12.5 Å². The van der Waals surface area contributed by atoms with Crippen LogP contribution in [0.25, 0.3) is 0 Å². The lowest BCUT2D eigenvalue weighted by atomic mass is 9.96. The molecule has 1 saturated heterocycles. The van der Waals surface area contributed by atoms with E-state index in [1.165, 1.54) is 0 Å². The van der Waals surface area contributed by atoms with Gasteiger partial charge in [-0.25, -0.2) is 0 Å². The number of carbonyl (C=O) groups is 1. The van der Waals surface area contributed by atoms with Gasteiger partial charge in [0.05, 0.1) is 5.92 Å². The highest BCUT2D eigenvalue weighted by atomic mass is 16.4. The molecule has 1 fully saturated rings. The van der Waals surface area contributed by atoms with Crippen molar-refractivity contribution < 1.29 is 15.0 Å². The summed E-state index contributed by atoms with van der Waals surface area (Å²) < 4.78 is 0. The van der Waals surface area contributed by atoms with Gasteiger partial charge in [-0.1, -0.05) is 0 Å². The maximum atomic E-state index is 10.9. The Morgan fingerprint density at radius 2 is 2.33 bits per heavy atom. The summed E-state index contributed by atoms with van der Waals surface area (Å²) in [5, 5.41) is 17.7. The van der Waals surface area contributed by atoms with Crippen LogP contribution in [-0.4, -0.2) is 46.8 Å². The fourth-order valence-electron chi connectivity index (χ4n) is 2.18. The van der Waals surface area contributed by atoms with Gasteiger partial charge in [-0.05, 0) is 39.2 Å². The molecule has 0 aromatic heterocycles. The topological polar surface area (TPSA) is 60.8 Å². The van der Waals surface area contributed by atoms with Crippen LogP contribution in [-0.2, 0) is 4.79 Å². The van der Waals surface area contributed by atoms with E-state index in [1.807, 2.05) is 0 Å². The van der Waals surface area contributed by atoms with Crippen LogP contribution in [0.5, 0.6) is 0 Å². The molecular weight excluding hydrogens is 194 g/mol. The summed E-state index contributed by atoms with van der Waals surface area (Å²) in [5.41, 5.74) is 0. The number of hydrogen-bond donors (Lipinski definition) is 2. The first-order valence-corrected chi connectivity index (χ1v) is 5.73. The summed E-state index contributed by atoms with van der Waals surface area (Å²) in [4.78, 5) is 13.1. The minimum Gasteiger partial charge on any atom is -0.481 e. The fourth-order valence-corrected chi connectivity index (χ4v) is 2.18. The van der Waals surface area contributed by atoms with Crippen molar-refractivity contribution in [3.8, 4) is 0 Å². The summed E-state index contributed by atoms with van der Waals surface area (Å²) in [6, 6.07) is 0.388. The van der Waals surface area contributed by atoms with Gasteiger partial charge in [0, 0.05) is 19.2 Å². The van der Waals surface area contributed by atoms with E-state index in [4.69, 9.17) is 10.2 Å². The second-order valence-electron chi connectivity index (χ2n) is 4.39. The fraction of sp³-hybridized carbons (Fsp3) is 0.909. The molecule has 0 aromatic carbocycles. The molecule has 0 spiro atoms. The molecule has 2 atom stereocenters. The third kappa shape index (κ3) is 3.80. The van der Waals surface area contributed by atoms with Crippen LogP contribution in [0.4, 0.5) is 0 Å². The molecule has 0 unspecified atom stereocenters. The molecule has 0 aliphatic carbocycles. The molecule has 0 aromatic rings. The van der Waals surface area contributed by atoms with Crippen molar-refractivity contribution in [3.05, 3.63) is 0 Å². The number of aliphatic hydroxyl groups is 1. The van der Waals surface area contributed by atoms with Crippen LogP contribution in [0.2, 0.25) is 0 Å². The van der Waals surface area contributed by atoms with Gasteiger partial charge in [-0.2, -0.15) is 0 Å². The predicted octanol–water partition coefficient (Wildman–Crippen LogP) is 0.944. The molecule has 4 nitrogen and oxygen atoms in total. The van der Waals surface area contributed by atoms with Gasteiger partial charge in [-0.15, -0.1) is 0 Å². The van der Waals surface area contributed by atoms with Crippen LogP contribution in [0, 0.1) is 5.92 Å². The summed E-state index contributed by atoms with van der Waals surface area (Å²) in [6.07, 6.45) is 3.53. The lowest BCUT2D eigenvalue weighted by Crippen LogP contribution is -2.43. The summed E-state index contributed by atoms with van der Waals surface area (Å²) in [7, 11) is 0. The predicted molar refractivity (Wildman–Crippen MR) is 57.7 cm³/mol. The Balaban J connectivity index is 2.37. The molecule has 0 saturated carbocycles. The van der Waals surface area contributed by atoms with Crippen LogP contribution < -0.4 is 0 Å². The maximum absolute atomic E-state index is 10.9. The number of carboxylic acid groups (broad SMARTS) is 1. The molecule has 1 aliphatic rings. The highest BCUT2D eigenvalue weighted by Crippen LogP contribution is 2.20. The number of aliphatic hydroxyl groups excluding tert-OH is 1. The number of likely N-dealkylation sites (tertiary alicyclic amines) is 1. The van der Waals surface area contributed by atoms with Crippen molar-refractivity contribution in [2.24, 2.45) is 5.92 Å². The number of carboxylic acids is 1. The number of aliphatic carboxylic acids is 1. The van der Waals surface area contributed by atoms with Gasteiger partial charge in [0.15, 0.2) is 0 Å². The van der Waals surface area contributed by atoms with Crippen LogP contribution >= 0.6 is 0 Å². The Kier molecular flexibility index (Phi) is 5.05. The first-order chi connectivity index (χ1) is 7.15. The Bertz CT molecular complexity index is 208. The van der Waals surface area contributed by atoms with E-state index in [2.05, 4.69) is 11.8 Å². The van der Waals surface area contributed by atoms with E-state index in [0.717, 1.165) is 32.2 Å². The van der Waals surface area contributed by atoms with E-state index in [1.54, 1.807) is 0 Å². The van der Waals surface area contributed by atoms with Crippen molar-refractivity contribution in [2.75, 3.05) is 19.7 Å².